The van der Waals surface area contributed by atoms with E-state index in [1.165, 1.54) is 6.07 Å². The number of nitrogens with zero attached hydrogens (tertiary/aromatic N) is 3. The van der Waals surface area contributed by atoms with Gasteiger partial charge in [0, 0.05) is 37.7 Å². The molecule has 2 aromatic rings. The number of aromatic nitrogens is 2. The SMILES string of the molecule is CN(Cc1nccn1C)c1cccc(F)c1CCl. The molecule has 5 heteroatoms. The highest BCUT2D eigenvalue weighted by Crippen LogP contribution is 2.24. The van der Waals surface area contributed by atoms with Gasteiger partial charge in [-0.25, -0.2) is 9.37 Å². The van der Waals surface area contributed by atoms with E-state index in [4.69, 9.17) is 11.6 Å². The van der Waals surface area contributed by atoms with Crippen molar-refractivity contribution in [1.29, 1.82) is 0 Å². The van der Waals surface area contributed by atoms with Gasteiger partial charge in [0.25, 0.3) is 0 Å². The second-order valence-electron chi connectivity index (χ2n) is 4.18. The van der Waals surface area contributed by atoms with E-state index >= 15 is 0 Å². The lowest BCUT2D eigenvalue weighted by Gasteiger charge is -2.21. The lowest BCUT2D eigenvalue weighted by molar-refractivity contribution is 0.615. The standard InChI is InChI=1S/C13H15ClFN3/c1-17-7-6-16-13(17)9-18(2)12-5-3-4-11(15)10(12)8-14/h3-7H,8-9H2,1-2H3. The van der Waals surface area contributed by atoms with Gasteiger partial charge in [-0.3, -0.25) is 0 Å². The van der Waals surface area contributed by atoms with Gasteiger partial charge in [-0.1, -0.05) is 6.07 Å². The number of benzene rings is 1. The molecule has 0 unspecified atom stereocenters. The van der Waals surface area contributed by atoms with E-state index in [1.54, 1.807) is 12.3 Å². The van der Waals surface area contributed by atoms with Crippen molar-refractivity contribution in [3.8, 4) is 0 Å². The first-order valence-electron chi connectivity index (χ1n) is 5.64. The third-order valence-corrected chi connectivity index (χ3v) is 3.21. The van der Waals surface area contributed by atoms with E-state index in [1.807, 2.05) is 35.8 Å². The summed E-state index contributed by atoms with van der Waals surface area (Å²) in [5.41, 5.74) is 1.32. The van der Waals surface area contributed by atoms with Gasteiger partial charge in [-0.15, -0.1) is 11.6 Å². The molecule has 1 aromatic carbocycles. The summed E-state index contributed by atoms with van der Waals surface area (Å²) in [6, 6.07) is 4.98. The summed E-state index contributed by atoms with van der Waals surface area (Å²) in [6.07, 6.45) is 3.63. The fourth-order valence-corrected chi connectivity index (χ4v) is 2.15. The number of imidazole rings is 1. The van der Waals surface area contributed by atoms with Crippen LogP contribution in [0.15, 0.2) is 30.6 Å². The fourth-order valence-electron chi connectivity index (χ4n) is 1.88. The monoisotopic (exact) mass is 267 g/mol. The summed E-state index contributed by atoms with van der Waals surface area (Å²) < 4.78 is 15.6. The van der Waals surface area contributed by atoms with Crippen LogP contribution >= 0.6 is 11.6 Å². The molecule has 2 rings (SSSR count). The van der Waals surface area contributed by atoms with Crippen LogP contribution in [0.1, 0.15) is 11.4 Å². The van der Waals surface area contributed by atoms with Gasteiger partial charge in [0.15, 0.2) is 0 Å². The van der Waals surface area contributed by atoms with Gasteiger partial charge >= 0.3 is 0 Å². The molecule has 96 valence electrons. The Balaban J connectivity index is 2.26. The van der Waals surface area contributed by atoms with Crippen LogP contribution in [0.2, 0.25) is 0 Å². The van der Waals surface area contributed by atoms with Gasteiger partial charge in [0.1, 0.15) is 11.6 Å². The first kappa shape index (κ1) is 12.9. The van der Waals surface area contributed by atoms with Crippen LogP contribution in [-0.2, 0) is 19.5 Å². The highest BCUT2D eigenvalue weighted by atomic mass is 35.5. The molecule has 0 amide bonds. The van der Waals surface area contributed by atoms with Crippen LogP contribution < -0.4 is 4.90 Å². The maximum atomic E-state index is 13.6. The van der Waals surface area contributed by atoms with Crippen molar-refractivity contribution in [3.05, 3.63) is 47.8 Å². The fraction of sp³-hybridized carbons (Fsp3) is 0.308. The first-order valence-corrected chi connectivity index (χ1v) is 6.17. The molecule has 0 fully saturated rings. The van der Waals surface area contributed by atoms with E-state index in [0.717, 1.165) is 11.5 Å². The highest BCUT2D eigenvalue weighted by molar-refractivity contribution is 6.17. The van der Waals surface area contributed by atoms with Crippen molar-refractivity contribution in [2.24, 2.45) is 7.05 Å². The molecule has 18 heavy (non-hydrogen) atoms. The zero-order valence-electron chi connectivity index (χ0n) is 10.4. The Labute approximate surface area is 111 Å². The van der Waals surface area contributed by atoms with Crippen LogP contribution in [0.25, 0.3) is 0 Å². The van der Waals surface area contributed by atoms with Gasteiger partial charge in [0.2, 0.25) is 0 Å². The minimum absolute atomic E-state index is 0.160. The molecule has 0 atom stereocenters. The molecule has 0 bridgehead atoms. The zero-order valence-corrected chi connectivity index (χ0v) is 11.2. The van der Waals surface area contributed by atoms with Crippen LogP contribution in [0.4, 0.5) is 10.1 Å². The number of rotatable bonds is 4. The average Bonchev–Trinajstić information content (AvgIpc) is 2.74. The smallest absolute Gasteiger partial charge is 0.129 e. The lowest BCUT2D eigenvalue weighted by Crippen LogP contribution is -2.20. The van der Waals surface area contributed by atoms with Crippen LogP contribution in [0, 0.1) is 5.82 Å². The van der Waals surface area contributed by atoms with Gasteiger partial charge < -0.3 is 9.47 Å². The number of halogens is 2. The van der Waals surface area contributed by atoms with Crippen LogP contribution in [-0.4, -0.2) is 16.6 Å². The minimum atomic E-state index is -0.269. The molecule has 0 spiro atoms. The predicted octanol–water partition coefficient (Wildman–Crippen LogP) is 2.93. The normalized spacial score (nSPS) is 10.7. The van der Waals surface area contributed by atoms with Gasteiger partial charge in [0.05, 0.1) is 12.4 Å². The third-order valence-electron chi connectivity index (χ3n) is 2.94. The van der Waals surface area contributed by atoms with Gasteiger partial charge in [-0.2, -0.15) is 0 Å². The second-order valence-corrected chi connectivity index (χ2v) is 4.45. The van der Waals surface area contributed by atoms with E-state index in [0.29, 0.717) is 12.1 Å². The van der Waals surface area contributed by atoms with Crippen molar-refractivity contribution in [2.75, 3.05) is 11.9 Å². The summed E-state index contributed by atoms with van der Waals surface area (Å²) in [7, 11) is 3.84. The summed E-state index contributed by atoms with van der Waals surface area (Å²) in [6.45, 7) is 0.608. The topological polar surface area (TPSA) is 21.1 Å². The Morgan fingerprint density at radius 2 is 2.22 bits per heavy atom. The third kappa shape index (κ3) is 2.48. The Kier molecular flexibility index (Phi) is 3.87. The number of alkyl halides is 1. The maximum Gasteiger partial charge on any atom is 0.129 e. The maximum absolute atomic E-state index is 13.6. The van der Waals surface area contributed by atoms with E-state index in [-0.39, 0.29) is 11.7 Å². The van der Waals surface area contributed by atoms with Crippen LogP contribution in [0.3, 0.4) is 0 Å². The minimum Gasteiger partial charge on any atom is -0.367 e. The molecule has 1 aromatic heterocycles. The summed E-state index contributed by atoms with van der Waals surface area (Å²) in [4.78, 5) is 6.20. The van der Waals surface area contributed by atoms with Crippen LogP contribution in [0.5, 0.6) is 0 Å². The Bertz CT molecular complexity index is 539. The molecule has 0 saturated heterocycles. The largest absolute Gasteiger partial charge is 0.367 e. The molecule has 0 aliphatic rings. The summed E-state index contributed by atoms with van der Waals surface area (Å²) in [5.74, 6) is 0.809. The molecule has 3 nitrogen and oxygen atoms in total. The van der Waals surface area contributed by atoms with Crippen molar-refractivity contribution in [3.63, 3.8) is 0 Å². The van der Waals surface area contributed by atoms with E-state index in [2.05, 4.69) is 4.98 Å². The number of hydrogen-bond acceptors (Lipinski definition) is 2. The Morgan fingerprint density at radius 3 is 2.83 bits per heavy atom. The number of hydrogen-bond donors (Lipinski definition) is 0. The van der Waals surface area contributed by atoms with Crippen molar-refractivity contribution >= 4 is 17.3 Å². The Morgan fingerprint density at radius 1 is 1.44 bits per heavy atom. The second kappa shape index (κ2) is 5.40. The van der Waals surface area contributed by atoms with E-state index in [9.17, 15) is 4.39 Å². The zero-order chi connectivity index (χ0) is 13.1. The summed E-state index contributed by atoms with van der Waals surface area (Å²) in [5, 5.41) is 0. The van der Waals surface area contributed by atoms with Crippen molar-refractivity contribution in [2.45, 2.75) is 12.4 Å². The highest BCUT2D eigenvalue weighted by Gasteiger charge is 2.12. The molecule has 0 N–H and O–H groups in total. The van der Waals surface area contributed by atoms with E-state index < -0.39 is 0 Å². The van der Waals surface area contributed by atoms with Gasteiger partial charge in [-0.05, 0) is 12.1 Å². The summed E-state index contributed by atoms with van der Waals surface area (Å²) >= 11 is 5.81. The molecule has 0 aliphatic carbocycles. The average molecular weight is 268 g/mol. The molecular formula is C13H15ClFN3. The Hall–Kier alpha value is -1.55. The molecule has 0 aliphatic heterocycles. The molecular weight excluding hydrogens is 253 g/mol. The molecule has 0 saturated carbocycles. The molecule has 0 radical (unpaired) electrons. The number of anilines is 1. The first-order chi connectivity index (χ1) is 8.63. The number of aryl methyl sites for hydroxylation is 1. The lowest BCUT2D eigenvalue weighted by atomic mass is 10.1. The predicted molar refractivity (Wildman–Crippen MR) is 71.3 cm³/mol. The quantitative estimate of drug-likeness (QED) is 0.794. The van der Waals surface area contributed by atoms with Crippen molar-refractivity contribution in [1.82, 2.24) is 9.55 Å². The molecule has 1 heterocycles. The van der Waals surface area contributed by atoms with Crippen molar-refractivity contribution < 1.29 is 4.39 Å².